The zero-order valence-corrected chi connectivity index (χ0v) is 16.0. The van der Waals surface area contributed by atoms with Gasteiger partial charge in [0.25, 0.3) is 5.91 Å². The fourth-order valence-corrected chi connectivity index (χ4v) is 3.54. The first kappa shape index (κ1) is 19.9. The summed E-state index contributed by atoms with van der Waals surface area (Å²) in [4.78, 5) is 14.5. The fourth-order valence-electron chi connectivity index (χ4n) is 2.62. The summed E-state index contributed by atoms with van der Waals surface area (Å²) in [5.74, 6) is -0.0122. The Morgan fingerprint density at radius 2 is 1.85 bits per heavy atom. The molecule has 0 spiro atoms. The zero-order chi connectivity index (χ0) is 19.2. The van der Waals surface area contributed by atoms with Gasteiger partial charge in [-0.3, -0.25) is 4.79 Å². The first-order chi connectivity index (χ1) is 12.4. The molecule has 0 atom stereocenters. The van der Waals surface area contributed by atoms with Crippen LogP contribution in [0.2, 0.25) is 0 Å². The van der Waals surface area contributed by atoms with E-state index in [0.717, 1.165) is 12.0 Å². The Morgan fingerprint density at radius 1 is 1.15 bits per heavy atom. The van der Waals surface area contributed by atoms with Gasteiger partial charge in [-0.2, -0.15) is 0 Å². The fraction of sp³-hybridized carbons (Fsp3) is 0.316. The van der Waals surface area contributed by atoms with E-state index in [-0.39, 0.29) is 16.6 Å². The van der Waals surface area contributed by atoms with Gasteiger partial charge in [0.05, 0.1) is 7.11 Å². The number of nitrogens with one attached hydrogen (secondary N) is 1. The smallest absolute Gasteiger partial charge is 0.253 e. The number of nitrogens with zero attached hydrogens (tertiary/aromatic N) is 1. The van der Waals surface area contributed by atoms with E-state index in [1.54, 1.807) is 11.0 Å². The predicted octanol–water partition coefficient (Wildman–Crippen LogP) is 2.31. The highest BCUT2D eigenvalue weighted by Crippen LogP contribution is 2.25. The van der Waals surface area contributed by atoms with Gasteiger partial charge in [-0.25, -0.2) is 13.1 Å². The number of rotatable bonds is 8. The Labute approximate surface area is 154 Å². The van der Waals surface area contributed by atoms with Crippen LogP contribution in [-0.2, 0) is 16.4 Å². The highest BCUT2D eigenvalue weighted by atomic mass is 32.2. The molecule has 140 valence electrons. The van der Waals surface area contributed by atoms with Crippen molar-refractivity contribution in [2.75, 3.05) is 27.2 Å². The lowest BCUT2D eigenvalue weighted by Crippen LogP contribution is -2.33. The molecule has 2 rings (SSSR count). The number of carbonyl (C=O) groups excluding carboxylic acids is 1. The molecule has 0 saturated carbocycles. The lowest BCUT2D eigenvalue weighted by Gasteiger charge is -2.21. The van der Waals surface area contributed by atoms with Crippen LogP contribution < -0.4 is 9.46 Å². The van der Waals surface area contributed by atoms with Crippen molar-refractivity contribution in [1.82, 2.24) is 9.62 Å². The van der Waals surface area contributed by atoms with E-state index in [4.69, 9.17) is 4.74 Å². The Bertz CT molecular complexity index is 851. The number of carbonyl (C=O) groups is 1. The largest absolute Gasteiger partial charge is 0.495 e. The maximum absolute atomic E-state index is 12.8. The Kier molecular flexibility index (Phi) is 6.76. The summed E-state index contributed by atoms with van der Waals surface area (Å²) in [5, 5.41) is 0. The van der Waals surface area contributed by atoms with Gasteiger partial charge in [-0.15, -0.1) is 0 Å². The van der Waals surface area contributed by atoms with Crippen LogP contribution in [0.15, 0.2) is 53.4 Å². The first-order valence-corrected chi connectivity index (χ1v) is 9.86. The third-order valence-electron chi connectivity index (χ3n) is 4.15. The quantitative estimate of drug-likeness (QED) is 0.767. The highest BCUT2D eigenvalue weighted by Gasteiger charge is 2.22. The molecular formula is C19H24N2O4S. The molecule has 0 heterocycles. The van der Waals surface area contributed by atoms with Crippen LogP contribution in [0.5, 0.6) is 5.75 Å². The van der Waals surface area contributed by atoms with Crippen molar-refractivity contribution in [2.45, 2.75) is 18.2 Å². The van der Waals surface area contributed by atoms with Crippen LogP contribution in [0.25, 0.3) is 0 Å². The van der Waals surface area contributed by atoms with Crippen LogP contribution in [-0.4, -0.2) is 46.5 Å². The summed E-state index contributed by atoms with van der Waals surface area (Å²) in [7, 11) is -1.02. The van der Waals surface area contributed by atoms with Crippen LogP contribution in [0.1, 0.15) is 22.8 Å². The summed E-state index contributed by atoms with van der Waals surface area (Å²) >= 11 is 0. The van der Waals surface area contributed by atoms with E-state index in [0.29, 0.717) is 18.7 Å². The Balaban J connectivity index is 2.25. The molecule has 0 fully saturated rings. The molecule has 0 bridgehead atoms. The van der Waals surface area contributed by atoms with Gasteiger partial charge in [-0.05, 0) is 44.2 Å². The standard InChI is InChI=1S/C19H24N2O4S/c1-4-21(13-12-15-8-6-5-7-9-15)19(22)16-10-11-17(25-3)18(14-16)26(23,24)20-2/h5-11,14,20H,4,12-13H2,1-3H3. The average Bonchev–Trinajstić information content (AvgIpc) is 2.68. The topological polar surface area (TPSA) is 75.7 Å². The molecule has 2 aromatic carbocycles. The van der Waals surface area contributed by atoms with Crippen molar-refractivity contribution in [1.29, 1.82) is 0 Å². The monoisotopic (exact) mass is 376 g/mol. The minimum atomic E-state index is -3.73. The lowest BCUT2D eigenvalue weighted by molar-refractivity contribution is 0.0766. The molecule has 1 amide bonds. The molecule has 0 aromatic heterocycles. The molecule has 7 heteroatoms. The van der Waals surface area contributed by atoms with E-state index in [1.165, 1.54) is 26.3 Å². The Morgan fingerprint density at radius 3 is 2.42 bits per heavy atom. The van der Waals surface area contributed by atoms with Gasteiger partial charge in [0, 0.05) is 18.7 Å². The summed E-state index contributed by atoms with van der Waals surface area (Å²) in [6.07, 6.45) is 0.734. The summed E-state index contributed by atoms with van der Waals surface area (Å²) in [6.45, 7) is 2.99. The minimum absolute atomic E-state index is 0.0486. The summed E-state index contributed by atoms with van der Waals surface area (Å²) in [5.41, 5.74) is 1.46. The van der Waals surface area contributed by atoms with Gasteiger partial charge >= 0.3 is 0 Å². The molecular weight excluding hydrogens is 352 g/mol. The number of amides is 1. The van der Waals surface area contributed by atoms with Gasteiger partial charge in [0.15, 0.2) is 0 Å². The van der Waals surface area contributed by atoms with Crippen LogP contribution in [0.4, 0.5) is 0 Å². The second-order valence-electron chi connectivity index (χ2n) is 5.69. The van der Waals surface area contributed by atoms with E-state index in [1.807, 2.05) is 37.3 Å². The van der Waals surface area contributed by atoms with Gasteiger partial charge < -0.3 is 9.64 Å². The molecule has 0 aliphatic heterocycles. The van der Waals surface area contributed by atoms with Gasteiger partial charge in [0.1, 0.15) is 10.6 Å². The van der Waals surface area contributed by atoms with Crippen molar-refractivity contribution >= 4 is 15.9 Å². The molecule has 0 saturated heterocycles. The lowest BCUT2D eigenvalue weighted by atomic mass is 10.1. The highest BCUT2D eigenvalue weighted by molar-refractivity contribution is 7.89. The second kappa shape index (κ2) is 8.82. The normalized spacial score (nSPS) is 11.2. The number of benzene rings is 2. The molecule has 26 heavy (non-hydrogen) atoms. The molecule has 0 unspecified atom stereocenters. The minimum Gasteiger partial charge on any atom is -0.495 e. The van der Waals surface area contributed by atoms with E-state index in [2.05, 4.69) is 4.72 Å². The maximum atomic E-state index is 12.8. The van der Waals surface area contributed by atoms with Crippen molar-refractivity contribution in [3.63, 3.8) is 0 Å². The third kappa shape index (κ3) is 4.62. The van der Waals surface area contributed by atoms with Crippen LogP contribution >= 0.6 is 0 Å². The number of hydrogen-bond acceptors (Lipinski definition) is 4. The number of ether oxygens (including phenoxy) is 1. The molecule has 6 nitrogen and oxygen atoms in total. The average molecular weight is 376 g/mol. The van der Waals surface area contributed by atoms with Crippen molar-refractivity contribution in [3.05, 3.63) is 59.7 Å². The van der Waals surface area contributed by atoms with Gasteiger partial charge in [0.2, 0.25) is 10.0 Å². The van der Waals surface area contributed by atoms with Gasteiger partial charge in [-0.1, -0.05) is 30.3 Å². The third-order valence-corrected chi connectivity index (χ3v) is 5.59. The summed E-state index contributed by atoms with van der Waals surface area (Å²) in [6, 6.07) is 14.4. The first-order valence-electron chi connectivity index (χ1n) is 8.37. The van der Waals surface area contributed by atoms with Crippen molar-refractivity contribution in [3.8, 4) is 5.75 Å². The molecule has 2 aromatic rings. The van der Waals surface area contributed by atoms with E-state index < -0.39 is 10.0 Å². The maximum Gasteiger partial charge on any atom is 0.253 e. The second-order valence-corrected chi connectivity index (χ2v) is 7.55. The van der Waals surface area contributed by atoms with Crippen LogP contribution in [0, 0.1) is 0 Å². The van der Waals surface area contributed by atoms with E-state index in [9.17, 15) is 13.2 Å². The van der Waals surface area contributed by atoms with Crippen molar-refractivity contribution in [2.24, 2.45) is 0 Å². The SMILES string of the molecule is CCN(CCc1ccccc1)C(=O)c1ccc(OC)c(S(=O)(=O)NC)c1. The molecule has 1 N–H and O–H groups in total. The molecule has 0 aliphatic carbocycles. The van der Waals surface area contributed by atoms with E-state index >= 15 is 0 Å². The number of hydrogen-bond donors (Lipinski definition) is 1. The zero-order valence-electron chi connectivity index (χ0n) is 15.2. The summed E-state index contributed by atoms with van der Waals surface area (Å²) < 4.78 is 31.8. The Hall–Kier alpha value is -2.38. The van der Waals surface area contributed by atoms with Crippen LogP contribution in [0.3, 0.4) is 0 Å². The number of methoxy groups -OCH3 is 1. The molecule has 0 radical (unpaired) electrons. The predicted molar refractivity (Wildman–Crippen MR) is 101 cm³/mol. The van der Waals surface area contributed by atoms with Crippen molar-refractivity contribution < 1.29 is 17.9 Å². The number of sulfonamides is 1. The number of likely N-dealkylation sites (N-methyl/N-ethyl adjacent to an activating group) is 1. The molecule has 0 aliphatic rings.